The number of hydrogen-bond acceptors (Lipinski definition) is 4. The molecule has 9 heteroatoms. The predicted molar refractivity (Wildman–Crippen MR) is 92.7 cm³/mol. The Balaban J connectivity index is 1.93. The van der Waals surface area contributed by atoms with Crippen LogP contribution in [0.5, 0.6) is 11.5 Å². The lowest BCUT2D eigenvalue weighted by Gasteiger charge is -2.32. The molecule has 0 saturated carbocycles. The molecule has 0 fully saturated rings. The van der Waals surface area contributed by atoms with Gasteiger partial charge in [0.15, 0.2) is 0 Å². The van der Waals surface area contributed by atoms with E-state index in [1.807, 2.05) is 0 Å². The number of alkyl halides is 3. The zero-order valence-electron chi connectivity index (χ0n) is 14.1. The van der Waals surface area contributed by atoms with Crippen molar-refractivity contribution in [2.45, 2.75) is 25.2 Å². The van der Waals surface area contributed by atoms with E-state index in [9.17, 15) is 18.3 Å². The molecular formula is C18H15ClF3N3O2. The fourth-order valence-electron chi connectivity index (χ4n) is 2.68. The largest absolute Gasteiger partial charge is 0.457 e. The van der Waals surface area contributed by atoms with Crippen LogP contribution >= 0.6 is 11.6 Å². The predicted octanol–water partition coefficient (Wildman–Crippen LogP) is 4.48. The van der Waals surface area contributed by atoms with Gasteiger partial charge in [0.1, 0.15) is 24.2 Å². The van der Waals surface area contributed by atoms with E-state index in [2.05, 4.69) is 10.1 Å². The summed E-state index contributed by atoms with van der Waals surface area (Å²) in [7, 11) is 0. The van der Waals surface area contributed by atoms with Crippen LogP contribution in [0.25, 0.3) is 0 Å². The van der Waals surface area contributed by atoms with Crippen LogP contribution in [0.1, 0.15) is 11.1 Å². The van der Waals surface area contributed by atoms with E-state index in [1.165, 1.54) is 25.1 Å². The Kier molecular flexibility index (Phi) is 5.12. The van der Waals surface area contributed by atoms with Gasteiger partial charge in [-0.2, -0.15) is 18.3 Å². The molecule has 27 heavy (non-hydrogen) atoms. The lowest BCUT2D eigenvalue weighted by atomic mass is 9.89. The lowest BCUT2D eigenvalue weighted by molar-refractivity contribution is -0.272. The number of aromatic nitrogens is 3. The standard InChI is InChI=1S/C18H15ClF3N3O2/c1-12-8-15(27-14-4-2-13(19)3-5-14)6-7-16(12)17(26,18(20,21)22)9-25-11-23-10-24-25/h2-8,10-11,26H,9H2,1H3. The molecule has 3 rings (SSSR count). The van der Waals surface area contributed by atoms with Crippen molar-refractivity contribution in [3.8, 4) is 11.5 Å². The molecule has 0 spiro atoms. The maximum atomic E-state index is 13.7. The second-order valence-corrected chi connectivity index (χ2v) is 6.42. The highest BCUT2D eigenvalue weighted by molar-refractivity contribution is 6.30. The van der Waals surface area contributed by atoms with Crippen molar-refractivity contribution >= 4 is 11.6 Å². The quantitative estimate of drug-likeness (QED) is 0.689. The number of rotatable bonds is 5. The third kappa shape index (κ3) is 4.06. The average molecular weight is 398 g/mol. The Morgan fingerprint density at radius 1 is 1.11 bits per heavy atom. The molecule has 142 valence electrons. The molecule has 0 saturated heterocycles. The Morgan fingerprint density at radius 3 is 2.33 bits per heavy atom. The average Bonchev–Trinajstić information content (AvgIpc) is 3.09. The molecule has 1 aromatic heterocycles. The third-order valence-electron chi connectivity index (χ3n) is 4.02. The first kappa shape index (κ1) is 19.2. The Bertz CT molecular complexity index is 915. The molecule has 2 aromatic carbocycles. The van der Waals surface area contributed by atoms with E-state index in [-0.39, 0.29) is 11.1 Å². The smallest absolute Gasteiger partial charge is 0.423 e. The maximum absolute atomic E-state index is 13.7. The Labute approximate surface area is 158 Å². The first-order chi connectivity index (χ1) is 12.7. The molecule has 1 heterocycles. The van der Waals surface area contributed by atoms with Gasteiger partial charge in [-0.15, -0.1) is 0 Å². The molecule has 0 bridgehead atoms. The minimum atomic E-state index is -4.91. The number of benzene rings is 2. The topological polar surface area (TPSA) is 60.2 Å². The van der Waals surface area contributed by atoms with Gasteiger partial charge in [0, 0.05) is 5.02 Å². The van der Waals surface area contributed by atoms with E-state index in [4.69, 9.17) is 16.3 Å². The molecule has 3 aromatic rings. The molecule has 0 aliphatic rings. The SMILES string of the molecule is Cc1cc(Oc2ccc(Cl)cc2)ccc1C(O)(Cn1cncn1)C(F)(F)F. The molecule has 1 unspecified atom stereocenters. The molecule has 0 amide bonds. The first-order valence-electron chi connectivity index (χ1n) is 7.85. The van der Waals surface area contributed by atoms with Crippen LogP contribution in [0.2, 0.25) is 5.02 Å². The fourth-order valence-corrected chi connectivity index (χ4v) is 2.80. The van der Waals surface area contributed by atoms with Crippen molar-refractivity contribution in [1.82, 2.24) is 14.8 Å². The molecule has 5 nitrogen and oxygen atoms in total. The second kappa shape index (κ2) is 7.21. The van der Waals surface area contributed by atoms with E-state index in [1.54, 1.807) is 24.3 Å². The minimum Gasteiger partial charge on any atom is -0.457 e. The lowest BCUT2D eigenvalue weighted by Crippen LogP contribution is -2.46. The zero-order valence-corrected chi connectivity index (χ0v) is 14.9. The number of halogens is 4. The van der Waals surface area contributed by atoms with Gasteiger partial charge in [-0.05, 0) is 54.4 Å². The van der Waals surface area contributed by atoms with Crippen LogP contribution in [0.3, 0.4) is 0 Å². The van der Waals surface area contributed by atoms with Gasteiger partial charge >= 0.3 is 6.18 Å². The van der Waals surface area contributed by atoms with Gasteiger partial charge in [0.25, 0.3) is 0 Å². The van der Waals surface area contributed by atoms with Crippen LogP contribution in [0.15, 0.2) is 55.1 Å². The summed E-state index contributed by atoms with van der Waals surface area (Å²) in [5.41, 5.74) is -3.18. The summed E-state index contributed by atoms with van der Waals surface area (Å²) in [6.07, 6.45) is -2.70. The molecule has 1 N–H and O–H groups in total. The number of aryl methyl sites for hydroxylation is 1. The summed E-state index contributed by atoms with van der Waals surface area (Å²) in [5.74, 6) is 0.823. The van der Waals surface area contributed by atoms with Gasteiger partial charge < -0.3 is 9.84 Å². The van der Waals surface area contributed by atoms with Crippen LogP contribution in [0.4, 0.5) is 13.2 Å². The van der Waals surface area contributed by atoms with Crippen LogP contribution in [-0.4, -0.2) is 26.0 Å². The van der Waals surface area contributed by atoms with E-state index in [0.717, 1.165) is 17.3 Å². The Hall–Kier alpha value is -2.58. The molecular weight excluding hydrogens is 383 g/mol. The summed E-state index contributed by atoms with van der Waals surface area (Å²) in [6.45, 7) is 0.664. The van der Waals surface area contributed by atoms with Gasteiger partial charge in [0.05, 0.1) is 6.54 Å². The summed E-state index contributed by atoms with van der Waals surface area (Å²) in [6, 6.07) is 10.6. The monoisotopic (exact) mass is 397 g/mol. The number of nitrogens with zero attached hydrogens (tertiary/aromatic N) is 3. The normalized spacial score (nSPS) is 14.0. The van der Waals surface area contributed by atoms with E-state index >= 15 is 0 Å². The van der Waals surface area contributed by atoms with Crippen molar-refractivity contribution in [2.24, 2.45) is 0 Å². The van der Waals surface area contributed by atoms with E-state index in [0.29, 0.717) is 16.5 Å². The van der Waals surface area contributed by atoms with Crippen LogP contribution in [-0.2, 0) is 12.1 Å². The van der Waals surface area contributed by atoms with Gasteiger partial charge in [0.2, 0.25) is 5.60 Å². The van der Waals surface area contributed by atoms with Crippen molar-refractivity contribution in [3.63, 3.8) is 0 Å². The summed E-state index contributed by atoms with van der Waals surface area (Å²) in [5, 5.41) is 14.7. The van der Waals surface area contributed by atoms with Crippen molar-refractivity contribution in [1.29, 1.82) is 0 Å². The second-order valence-electron chi connectivity index (χ2n) is 5.98. The van der Waals surface area contributed by atoms with E-state index < -0.39 is 18.3 Å². The highest BCUT2D eigenvalue weighted by Gasteiger charge is 2.56. The van der Waals surface area contributed by atoms with Crippen molar-refractivity contribution in [2.75, 3.05) is 0 Å². The third-order valence-corrected chi connectivity index (χ3v) is 4.27. The van der Waals surface area contributed by atoms with Crippen molar-refractivity contribution in [3.05, 3.63) is 71.3 Å². The summed E-state index contributed by atoms with van der Waals surface area (Å²) in [4.78, 5) is 3.62. The van der Waals surface area contributed by atoms with Crippen LogP contribution in [0, 0.1) is 6.92 Å². The minimum absolute atomic E-state index is 0.224. The Morgan fingerprint density at radius 2 is 1.78 bits per heavy atom. The van der Waals surface area contributed by atoms with Crippen LogP contribution < -0.4 is 4.74 Å². The number of aliphatic hydroxyl groups is 1. The fraction of sp³-hybridized carbons (Fsp3) is 0.222. The number of ether oxygens (including phenoxy) is 1. The highest BCUT2D eigenvalue weighted by Crippen LogP contribution is 2.42. The zero-order chi connectivity index (χ0) is 19.7. The van der Waals surface area contributed by atoms with Gasteiger partial charge in [-0.3, -0.25) is 0 Å². The van der Waals surface area contributed by atoms with Gasteiger partial charge in [-0.1, -0.05) is 17.7 Å². The van der Waals surface area contributed by atoms with Crippen molar-refractivity contribution < 1.29 is 23.0 Å². The van der Waals surface area contributed by atoms with Gasteiger partial charge in [-0.25, -0.2) is 9.67 Å². The number of hydrogen-bond donors (Lipinski definition) is 1. The summed E-state index contributed by atoms with van der Waals surface area (Å²) < 4.78 is 47.6. The highest BCUT2D eigenvalue weighted by atomic mass is 35.5. The molecule has 0 radical (unpaired) electrons. The molecule has 1 atom stereocenters. The first-order valence-corrected chi connectivity index (χ1v) is 8.23. The maximum Gasteiger partial charge on any atom is 0.423 e. The molecule has 0 aliphatic carbocycles. The summed E-state index contributed by atoms with van der Waals surface area (Å²) >= 11 is 5.81. The molecule has 0 aliphatic heterocycles.